The number of carbonyl (C=O) groups is 2. The van der Waals surface area contributed by atoms with Crippen molar-refractivity contribution in [2.24, 2.45) is 4.99 Å². The van der Waals surface area contributed by atoms with Crippen LogP contribution in [0.15, 0.2) is 47.5 Å². The molecule has 0 atom stereocenters. The lowest BCUT2D eigenvalue weighted by atomic mass is 10.1. The third-order valence-electron chi connectivity index (χ3n) is 3.94. The lowest BCUT2D eigenvalue weighted by Gasteiger charge is -2.10. The minimum Gasteiger partial charge on any atom is -0.452 e. The van der Waals surface area contributed by atoms with Crippen molar-refractivity contribution in [2.75, 3.05) is 24.2 Å². The Bertz CT molecular complexity index is 918. The molecule has 3 rings (SSSR count). The van der Waals surface area contributed by atoms with E-state index >= 15 is 0 Å². The average molecular weight is 419 g/mol. The molecule has 1 heterocycles. The van der Waals surface area contributed by atoms with E-state index in [2.05, 4.69) is 10.3 Å². The third-order valence-corrected chi connectivity index (χ3v) is 6.24. The van der Waals surface area contributed by atoms with Crippen LogP contribution in [0.25, 0.3) is 0 Å². The summed E-state index contributed by atoms with van der Waals surface area (Å²) in [6, 6.07) is 11.5. The van der Waals surface area contributed by atoms with Gasteiger partial charge in [0.15, 0.2) is 6.61 Å². The highest BCUT2D eigenvalue weighted by Crippen LogP contribution is 2.26. The number of anilines is 1. The highest BCUT2D eigenvalue weighted by Gasteiger charge is 2.16. The molecule has 2 aromatic rings. The van der Waals surface area contributed by atoms with Crippen LogP contribution >= 0.6 is 23.5 Å². The van der Waals surface area contributed by atoms with Crippen LogP contribution in [0.1, 0.15) is 21.5 Å². The summed E-state index contributed by atoms with van der Waals surface area (Å²) >= 11 is 3.30. The first kappa shape index (κ1) is 20.4. The van der Waals surface area contributed by atoms with E-state index in [4.69, 9.17) is 4.74 Å². The lowest BCUT2D eigenvalue weighted by molar-refractivity contribution is -0.119. The van der Waals surface area contributed by atoms with Gasteiger partial charge in [0, 0.05) is 17.2 Å². The van der Waals surface area contributed by atoms with Crippen LogP contribution in [0.4, 0.5) is 10.1 Å². The van der Waals surface area contributed by atoms with E-state index in [-0.39, 0.29) is 0 Å². The van der Waals surface area contributed by atoms with Crippen LogP contribution in [0, 0.1) is 12.7 Å². The van der Waals surface area contributed by atoms with Gasteiger partial charge < -0.3 is 10.1 Å². The van der Waals surface area contributed by atoms with Crippen LogP contribution in [-0.4, -0.2) is 35.2 Å². The number of thioether (sulfide) groups is 2. The van der Waals surface area contributed by atoms with Crippen molar-refractivity contribution < 1.29 is 18.7 Å². The Balaban J connectivity index is 1.55. The number of carbonyl (C=O) groups excluding carboxylic acids is 2. The normalized spacial score (nSPS) is 13.1. The molecule has 0 spiro atoms. The Morgan fingerprint density at radius 3 is 2.86 bits per heavy atom. The molecule has 1 aliphatic heterocycles. The summed E-state index contributed by atoms with van der Waals surface area (Å²) in [6.07, 6.45) is 0. The molecule has 28 heavy (non-hydrogen) atoms. The molecule has 8 heteroatoms. The average Bonchev–Trinajstić information content (AvgIpc) is 3.21. The van der Waals surface area contributed by atoms with Gasteiger partial charge in [-0.1, -0.05) is 47.8 Å². The topological polar surface area (TPSA) is 67.8 Å². The van der Waals surface area contributed by atoms with E-state index in [1.807, 2.05) is 12.1 Å². The second-order valence-electron chi connectivity index (χ2n) is 6.03. The molecule has 2 aromatic carbocycles. The number of esters is 1. The second-order valence-corrected chi connectivity index (χ2v) is 8.34. The number of nitrogens with one attached hydrogen (secondary N) is 1. The van der Waals surface area contributed by atoms with Crippen molar-refractivity contribution in [3.8, 4) is 0 Å². The van der Waals surface area contributed by atoms with Crippen molar-refractivity contribution in [3.05, 3.63) is 65.0 Å². The number of aryl methyl sites for hydroxylation is 1. The number of benzene rings is 2. The number of hydrogen-bond donors (Lipinski definition) is 1. The zero-order valence-corrected chi connectivity index (χ0v) is 16.9. The van der Waals surface area contributed by atoms with Gasteiger partial charge in [-0.15, -0.1) is 0 Å². The Labute approximate surface area is 171 Å². The molecule has 1 aliphatic rings. The fourth-order valence-electron chi connectivity index (χ4n) is 2.46. The molecule has 0 saturated heterocycles. The molecule has 1 N–H and O–H groups in total. The van der Waals surface area contributed by atoms with Gasteiger partial charge in [-0.05, 0) is 36.2 Å². The number of ether oxygens (including phenoxy) is 1. The van der Waals surface area contributed by atoms with Gasteiger partial charge in [0.2, 0.25) is 0 Å². The van der Waals surface area contributed by atoms with Gasteiger partial charge in [0.05, 0.1) is 12.1 Å². The summed E-state index contributed by atoms with van der Waals surface area (Å²) in [6.45, 7) is 2.02. The van der Waals surface area contributed by atoms with Crippen molar-refractivity contribution in [3.63, 3.8) is 0 Å². The summed E-state index contributed by atoms with van der Waals surface area (Å²) in [7, 11) is 0. The number of amides is 1. The smallest absolute Gasteiger partial charge is 0.338 e. The Morgan fingerprint density at radius 1 is 1.29 bits per heavy atom. The number of rotatable bonds is 6. The Morgan fingerprint density at radius 2 is 2.11 bits per heavy atom. The number of hydrogen-bond acceptors (Lipinski definition) is 6. The molecule has 1 amide bonds. The van der Waals surface area contributed by atoms with Gasteiger partial charge in [-0.2, -0.15) is 0 Å². The van der Waals surface area contributed by atoms with Gasteiger partial charge in [-0.3, -0.25) is 9.79 Å². The van der Waals surface area contributed by atoms with Crippen molar-refractivity contribution >= 4 is 45.5 Å². The maximum Gasteiger partial charge on any atom is 0.338 e. The predicted octanol–water partition coefficient (Wildman–Crippen LogP) is 4.27. The first-order chi connectivity index (χ1) is 13.5. The predicted molar refractivity (Wildman–Crippen MR) is 113 cm³/mol. The maximum absolute atomic E-state index is 13.5. The van der Waals surface area contributed by atoms with Gasteiger partial charge in [0.25, 0.3) is 5.91 Å². The molecule has 0 unspecified atom stereocenters. The van der Waals surface area contributed by atoms with Crippen LogP contribution in [0.3, 0.4) is 0 Å². The quantitative estimate of drug-likeness (QED) is 0.710. The maximum atomic E-state index is 13.5. The highest BCUT2D eigenvalue weighted by molar-refractivity contribution is 8.38. The van der Waals surface area contributed by atoms with E-state index in [1.54, 1.807) is 54.7 Å². The molecule has 0 aliphatic carbocycles. The minimum atomic E-state index is -0.567. The van der Waals surface area contributed by atoms with Crippen molar-refractivity contribution in [1.82, 2.24) is 0 Å². The summed E-state index contributed by atoms with van der Waals surface area (Å²) in [4.78, 5) is 28.8. The standard InChI is InChI=1S/C20H19FN2O3S2/c1-13-6-7-15(10-17(13)21)23-18(24)11-26-19(25)16-5-3-2-4-14(16)12-28-20-22-8-9-27-20/h2-7,10H,8-9,11-12H2,1H3,(H,23,24). The highest BCUT2D eigenvalue weighted by atomic mass is 32.2. The minimum absolute atomic E-state index is 0.316. The van der Waals surface area contributed by atoms with E-state index in [1.165, 1.54) is 6.07 Å². The second kappa shape index (κ2) is 9.75. The number of nitrogens with zero attached hydrogens (tertiary/aromatic N) is 1. The summed E-state index contributed by atoms with van der Waals surface area (Å²) in [5.41, 5.74) is 2.05. The molecule has 0 fully saturated rings. The van der Waals surface area contributed by atoms with Gasteiger partial charge in [0.1, 0.15) is 10.2 Å². The zero-order chi connectivity index (χ0) is 19.9. The fraction of sp³-hybridized carbons (Fsp3) is 0.250. The van der Waals surface area contributed by atoms with Crippen LogP contribution in [0.2, 0.25) is 0 Å². The van der Waals surface area contributed by atoms with Crippen molar-refractivity contribution in [2.45, 2.75) is 12.7 Å². The molecule has 0 radical (unpaired) electrons. The Kier molecular flexibility index (Phi) is 7.11. The first-order valence-corrected chi connectivity index (χ1v) is 10.6. The van der Waals surface area contributed by atoms with Crippen LogP contribution < -0.4 is 5.32 Å². The monoisotopic (exact) mass is 418 g/mol. The van der Waals surface area contributed by atoms with Crippen molar-refractivity contribution in [1.29, 1.82) is 0 Å². The largest absolute Gasteiger partial charge is 0.452 e. The molecule has 0 saturated carbocycles. The zero-order valence-electron chi connectivity index (χ0n) is 15.2. The molecule has 0 aromatic heterocycles. The van der Waals surface area contributed by atoms with Gasteiger partial charge >= 0.3 is 5.97 Å². The molecule has 5 nitrogen and oxygen atoms in total. The number of halogens is 1. The van der Waals surface area contributed by atoms with Gasteiger partial charge in [-0.25, -0.2) is 9.18 Å². The first-order valence-electron chi connectivity index (χ1n) is 8.64. The van der Waals surface area contributed by atoms with E-state index in [9.17, 15) is 14.0 Å². The SMILES string of the molecule is Cc1ccc(NC(=O)COC(=O)c2ccccc2CSC2=NCCS2)cc1F. The Hall–Kier alpha value is -2.32. The van der Waals surface area contributed by atoms with E-state index in [0.29, 0.717) is 22.6 Å². The van der Waals surface area contributed by atoms with Crippen LogP contribution in [0.5, 0.6) is 0 Å². The molecule has 0 bridgehead atoms. The van der Waals surface area contributed by atoms with Crippen LogP contribution in [-0.2, 0) is 15.3 Å². The lowest BCUT2D eigenvalue weighted by Crippen LogP contribution is -2.21. The summed E-state index contributed by atoms with van der Waals surface area (Å²) in [5, 5.41) is 2.51. The third kappa shape index (κ3) is 5.59. The summed E-state index contributed by atoms with van der Waals surface area (Å²) in [5.74, 6) is 0.0895. The number of aliphatic imine (C=N–C) groups is 1. The summed E-state index contributed by atoms with van der Waals surface area (Å²) < 4.78 is 19.7. The van der Waals surface area contributed by atoms with E-state index in [0.717, 1.165) is 22.2 Å². The molecular formula is C20H19FN2O3S2. The van der Waals surface area contributed by atoms with E-state index < -0.39 is 24.3 Å². The molecular weight excluding hydrogens is 399 g/mol. The molecule has 146 valence electrons. The fourth-order valence-corrected chi connectivity index (χ4v) is 4.48.